The smallest absolute Gasteiger partial charge is 0.251 e. The zero-order valence-corrected chi connectivity index (χ0v) is 17.3. The Hall–Kier alpha value is -1.84. The number of piperidine rings is 1. The largest absolute Gasteiger partial charge is 0.497 e. The fourth-order valence-corrected chi connectivity index (χ4v) is 4.48. The number of ether oxygens (including phenoxy) is 2. The first-order valence-corrected chi connectivity index (χ1v) is 10.7. The van der Waals surface area contributed by atoms with Gasteiger partial charge in [0.1, 0.15) is 11.5 Å². The van der Waals surface area contributed by atoms with Crippen LogP contribution in [0.5, 0.6) is 11.5 Å². The highest BCUT2D eigenvalue weighted by Gasteiger charge is 2.30. The van der Waals surface area contributed by atoms with Crippen molar-refractivity contribution in [1.29, 1.82) is 0 Å². The minimum absolute atomic E-state index is 0.0389. The van der Waals surface area contributed by atoms with Gasteiger partial charge in [0.25, 0.3) is 5.91 Å². The molecule has 1 fully saturated rings. The molecular weight excluding hydrogens is 370 g/mol. The summed E-state index contributed by atoms with van der Waals surface area (Å²) in [6, 6.07) is 4.87. The molecule has 1 heterocycles. The van der Waals surface area contributed by atoms with E-state index in [0.717, 1.165) is 25.9 Å². The van der Waals surface area contributed by atoms with Crippen molar-refractivity contribution in [2.24, 2.45) is 0 Å². The Morgan fingerprint density at radius 2 is 1.74 bits per heavy atom. The van der Waals surface area contributed by atoms with Gasteiger partial charge >= 0.3 is 0 Å². The van der Waals surface area contributed by atoms with Gasteiger partial charge in [-0.25, -0.2) is 12.7 Å². The van der Waals surface area contributed by atoms with Crippen molar-refractivity contribution in [3.05, 3.63) is 23.8 Å². The van der Waals surface area contributed by atoms with Gasteiger partial charge in [0.2, 0.25) is 10.0 Å². The van der Waals surface area contributed by atoms with Gasteiger partial charge in [-0.3, -0.25) is 4.79 Å². The molecular formula is C18H30N3O5S+. The van der Waals surface area contributed by atoms with E-state index in [9.17, 15) is 13.2 Å². The molecule has 0 aliphatic carbocycles. The lowest BCUT2D eigenvalue weighted by atomic mass is 10.1. The van der Waals surface area contributed by atoms with E-state index < -0.39 is 10.0 Å². The van der Waals surface area contributed by atoms with E-state index in [2.05, 4.69) is 12.4 Å². The lowest BCUT2D eigenvalue weighted by molar-refractivity contribution is -0.885. The topological polar surface area (TPSA) is 89.4 Å². The second-order valence-electron chi connectivity index (χ2n) is 6.88. The standard InChI is InChI=1S/C18H29N3O5S/c1-20-8-5-15(6-9-20)21(2)27(23,24)10-7-19-18(22)14-11-16(25-3)13-17(12-14)26-4/h11-13,15H,5-10H2,1-4H3,(H,19,22)/p+1. The van der Waals surface area contributed by atoms with E-state index in [1.807, 2.05) is 0 Å². The first-order valence-electron chi connectivity index (χ1n) is 9.05. The number of nitrogens with one attached hydrogen (secondary N) is 2. The van der Waals surface area contributed by atoms with Crippen LogP contribution in [-0.2, 0) is 10.0 Å². The van der Waals surface area contributed by atoms with Crippen LogP contribution in [0.15, 0.2) is 18.2 Å². The number of amides is 1. The first kappa shape index (κ1) is 21.5. The third-order valence-electron chi connectivity index (χ3n) is 5.02. The van der Waals surface area contributed by atoms with Gasteiger partial charge in [-0.2, -0.15) is 0 Å². The van der Waals surface area contributed by atoms with Crippen LogP contribution in [0.2, 0.25) is 0 Å². The van der Waals surface area contributed by atoms with Crippen molar-refractivity contribution in [3.8, 4) is 11.5 Å². The maximum atomic E-state index is 12.6. The van der Waals surface area contributed by atoms with Gasteiger partial charge < -0.3 is 19.7 Å². The van der Waals surface area contributed by atoms with Crippen LogP contribution in [0.1, 0.15) is 23.2 Å². The summed E-state index contributed by atoms with van der Waals surface area (Å²) in [5, 5.41) is 2.66. The molecule has 1 aliphatic heterocycles. The molecule has 27 heavy (non-hydrogen) atoms. The molecule has 0 bridgehead atoms. The monoisotopic (exact) mass is 400 g/mol. The van der Waals surface area contributed by atoms with Crippen molar-refractivity contribution < 1.29 is 27.6 Å². The SMILES string of the molecule is COc1cc(OC)cc(C(=O)NCCS(=O)(=O)N(C)C2CC[NH+](C)CC2)c1. The molecule has 0 aromatic heterocycles. The Morgan fingerprint density at radius 3 is 2.26 bits per heavy atom. The van der Waals surface area contributed by atoms with Gasteiger partial charge in [-0.15, -0.1) is 0 Å². The third-order valence-corrected chi connectivity index (χ3v) is 6.92. The van der Waals surface area contributed by atoms with Crippen LogP contribution in [-0.4, -0.2) is 78.4 Å². The average Bonchev–Trinajstić information content (AvgIpc) is 2.67. The average molecular weight is 401 g/mol. The van der Waals surface area contributed by atoms with Crippen molar-refractivity contribution >= 4 is 15.9 Å². The summed E-state index contributed by atoms with van der Waals surface area (Å²) in [5.41, 5.74) is 0.357. The third kappa shape index (κ3) is 5.82. The predicted octanol–water partition coefficient (Wildman–Crippen LogP) is -0.628. The second-order valence-corrected chi connectivity index (χ2v) is 9.03. The molecule has 1 aliphatic rings. The Morgan fingerprint density at radius 1 is 1.19 bits per heavy atom. The lowest BCUT2D eigenvalue weighted by Gasteiger charge is -2.32. The van der Waals surface area contributed by atoms with E-state index in [1.165, 1.54) is 23.4 Å². The van der Waals surface area contributed by atoms with Crippen LogP contribution in [0, 0.1) is 0 Å². The van der Waals surface area contributed by atoms with E-state index in [-0.39, 0.29) is 24.2 Å². The summed E-state index contributed by atoms with van der Waals surface area (Å²) in [4.78, 5) is 13.8. The summed E-state index contributed by atoms with van der Waals surface area (Å²) >= 11 is 0. The number of sulfonamides is 1. The second kappa shape index (κ2) is 9.38. The molecule has 1 aromatic carbocycles. The van der Waals surface area contributed by atoms with Crippen LogP contribution < -0.4 is 19.7 Å². The Labute approximate surface area is 161 Å². The van der Waals surface area contributed by atoms with Gasteiger partial charge in [0.15, 0.2) is 0 Å². The highest BCUT2D eigenvalue weighted by Crippen LogP contribution is 2.22. The van der Waals surface area contributed by atoms with Crippen molar-refractivity contribution in [3.63, 3.8) is 0 Å². The molecule has 152 valence electrons. The number of rotatable bonds is 8. The number of benzene rings is 1. The molecule has 0 spiro atoms. The van der Waals surface area contributed by atoms with Crippen molar-refractivity contribution in [2.45, 2.75) is 18.9 Å². The van der Waals surface area contributed by atoms with E-state index >= 15 is 0 Å². The fourth-order valence-electron chi connectivity index (χ4n) is 3.16. The molecule has 0 radical (unpaired) electrons. The maximum Gasteiger partial charge on any atom is 0.251 e. The lowest BCUT2D eigenvalue weighted by Crippen LogP contribution is -3.10. The molecule has 2 rings (SSSR count). The Balaban J connectivity index is 1.91. The minimum Gasteiger partial charge on any atom is -0.497 e. The summed E-state index contributed by atoms with van der Waals surface area (Å²) in [7, 11) is 3.34. The maximum absolute atomic E-state index is 12.6. The van der Waals surface area contributed by atoms with E-state index in [4.69, 9.17) is 9.47 Å². The van der Waals surface area contributed by atoms with E-state index in [1.54, 1.807) is 25.2 Å². The normalized spacial score (nSPS) is 20.3. The summed E-state index contributed by atoms with van der Waals surface area (Å²) in [5.74, 6) is 0.496. The molecule has 0 saturated carbocycles. The minimum atomic E-state index is -3.42. The van der Waals surface area contributed by atoms with Crippen LogP contribution in [0.4, 0.5) is 0 Å². The highest BCUT2D eigenvalue weighted by atomic mass is 32.2. The van der Waals surface area contributed by atoms with Crippen molar-refractivity contribution in [2.75, 3.05) is 53.7 Å². The molecule has 1 aromatic rings. The fraction of sp³-hybridized carbons (Fsp3) is 0.611. The highest BCUT2D eigenvalue weighted by molar-refractivity contribution is 7.89. The molecule has 0 unspecified atom stereocenters. The zero-order chi connectivity index (χ0) is 20.0. The summed E-state index contributed by atoms with van der Waals surface area (Å²) < 4.78 is 36.9. The van der Waals surface area contributed by atoms with E-state index in [0.29, 0.717) is 17.1 Å². The zero-order valence-electron chi connectivity index (χ0n) is 16.4. The number of carbonyl (C=O) groups is 1. The molecule has 9 heteroatoms. The predicted molar refractivity (Wildman–Crippen MR) is 103 cm³/mol. The molecule has 1 amide bonds. The Kier molecular flexibility index (Phi) is 7.46. The Bertz CT molecular complexity index is 723. The molecule has 1 saturated heterocycles. The molecule has 2 N–H and O–H groups in total. The first-order chi connectivity index (χ1) is 12.8. The van der Waals surface area contributed by atoms with Gasteiger partial charge in [0.05, 0.1) is 40.1 Å². The summed E-state index contributed by atoms with van der Waals surface area (Å²) in [6.07, 6.45) is 1.72. The summed E-state index contributed by atoms with van der Waals surface area (Å²) in [6.45, 7) is 1.99. The van der Waals surface area contributed by atoms with Crippen molar-refractivity contribution in [1.82, 2.24) is 9.62 Å². The number of methoxy groups -OCH3 is 2. The van der Waals surface area contributed by atoms with Gasteiger partial charge in [0, 0.05) is 44.1 Å². The van der Waals surface area contributed by atoms with Gasteiger partial charge in [-0.1, -0.05) is 0 Å². The number of nitrogens with zero attached hydrogens (tertiary/aromatic N) is 1. The number of hydrogen-bond acceptors (Lipinski definition) is 5. The number of likely N-dealkylation sites (tertiary alicyclic amines) is 1. The van der Waals surface area contributed by atoms with Crippen LogP contribution in [0.25, 0.3) is 0 Å². The van der Waals surface area contributed by atoms with Crippen LogP contribution in [0.3, 0.4) is 0 Å². The van der Waals surface area contributed by atoms with Gasteiger partial charge in [-0.05, 0) is 12.1 Å². The number of hydrogen-bond donors (Lipinski definition) is 2. The molecule has 8 nitrogen and oxygen atoms in total. The van der Waals surface area contributed by atoms with Crippen LogP contribution >= 0.6 is 0 Å². The quantitative estimate of drug-likeness (QED) is 0.607. The number of carbonyl (C=O) groups excluding carboxylic acids is 1. The molecule has 0 atom stereocenters. The number of quaternary nitrogens is 1.